The summed E-state index contributed by atoms with van der Waals surface area (Å²) in [5.41, 5.74) is 1.28. The summed E-state index contributed by atoms with van der Waals surface area (Å²) in [7, 11) is -3.52. The first-order chi connectivity index (χ1) is 16.0. The Hall–Kier alpha value is -2.29. The molecule has 10 heteroatoms. The van der Waals surface area contributed by atoms with Crippen LogP contribution >= 0.6 is 23.2 Å². The van der Waals surface area contributed by atoms with Gasteiger partial charge in [-0.25, -0.2) is 8.42 Å². The summed E-state index contributed by atoms with van der Waals surface area (Å²) in [4.78, 5) is 27.3. The highest BCUT2D eigenvalue weighted by Crippen LogP contribution is 2.24. The summed E-state index contributed by atoms with van der Waals surface area (Å²) in [6, 6.07) is 13.1. The van der Waals surface area contributed by atoms with Crippen molar-refractivity contribution in [3.8, 4) is 0 Å². The Morgan fingerprint density at radius 2 is 1.74 bits per heavy atom. The van der Waals surface area contributed by atoms with Crippen molar-refractivity contribution in [2.24, 2.45) is 0 Å². The third-order valence-electron chi connectivity index (χ3n) is 5.25. The maximum atomic E-state index is 13.2. The lowest BCUT2D eigenvalue weighted by Gasteiger charge is -2.29. The predicted molar refractivity (Wildman–Crippen MR) is 138 cm³/mol. The van der Waals surface area contributed by atoms with E-state index in [0.29, 0.717) is 28.7 Å². The largest absolute Gasteiger partial charge is 0.354 e. The molecule has 0 saturated carbocycles. The molecular formula is C24H31Cl2N3O4S. The summed E-state index contributed by atoms with van der Waals surface area (Å²) >= 11 is 12.1. The van der Waals surface area contributed by atoms with Crippen LogP contribution < -0.4 is 9.62 Å². The molecule has 0 unspecified atom stereocenters. The second-order valence-electron chi connectivity index (χ2n) is 8.01. The number of sulfonamides is 1. The monoisotopic (exact) mass is 527 g/mol. The molecule has 0 bridgehead atoms. The van der Waals surface area contributed by atoms with Crippen LogP contribution in [0.25, 0.3) is 0 Å². The van der Waals surface area contributed by atoms with Crippen LogP contribution in [0.3, 0.4) is 0 Å². The van der Waals surface area contributed by atoms with E-state index < -0.39 is 16.1 Å². The number of hydrogen-bond acceptors (Lipinski definition) is 4. The summed E-state index contributed by atoms with van der Waals surface area (Å²) in [6.07, 6.45) is 2.28. The fourth-order valence-electron chi connectivity index (χ4n) is 3.41. The van der Waals surface area contributed by atoms with Gasteiger partial charge in [0.1, 0.15) is 6.04 Å². The van der Waals surface area contributed by atoms with Crippen molar-refractivity contribution in [2.75, 3.05) is 23.7 Å². The topological polar surface area (TPSA) is 86.8 Å². The third kappa shape index (κ3) is 8.18. The molecule has 0 aliphatic heterocycles. The Labute approximate surface area is 212 Å². The molecule has 186 valence electrons. The lowest BCUT2D eigenvalue weighted by Crippen LogP contribution is -2.47. The second-order valence-corrected chi connectivity index (χ2v) is 10.7. The lowest BCUT2D eigenvalue weighted by molar-refractivity contribution is -0.140. The van der Waals surface area contributed by atoms with Crippen molar-refractivity contribution in [2.45, 2.75) is 45.7 Å². The van der Waals surface area contributed by atoms with Crippen LogP contribution in [0.4, 0.5) is 5.69 Å². The Bertz CT molecular complexity index is 1080. The van der Waals surface area contributed by atoms with Crippen molar-refractivity contribution in [3.05, 3.63) is 64.1 Å². The van der Waals surface area contributed by atoms with E-state index in [1.165, 1.54) is 9.21 Å². The fourth-order valence-corrected chi connectivity index (χ4v) is 4.70. The molecule has 1 atom stereocenters. The fraction of sp³-hybridized carbons (Fsp3) is 0.417. The number of hydrogen-bond donors (Lipinski definition) is 1. The van der Waals surface area contributed by atoms with E-state index in [4.69, 9.17) is 23.2 Å². The molecule has 0 aromatic heterocycles. The average Bonchev–Trinajstić information content (AvgIpc) is 2.80. The van der Waals surface area contributed by atoms with Gasteiger partial charge in [0, 0.05) is 26.1 Å². The molecule has 0 radical (unpaired) electrons. The van der Waals surface area contributed by atoms with E-state index in [0.717, 1.165) is 18.2 Å². The minimum Gasteiger partial charge on any atom is -0.354 e. The molecule has 2 aromatic carbocycles. The smallest absolute Gasteiger partial charge is 0.242 e. The van der Waals surface area contributed by atoms with Crippen LogP contribution in [0.2, 0.25) is 10.0 Å². The van der Waals surface area contributed by atoms with Gasteiger partial charge in [0.15, 0.2) is 0 Å². The highest BCUT2D eigenvalue weighted by Gasteiger charge is 2.26. The quantitative estimate of drug-likeness (QED) is 0.440. The summed E-state index contributed by atoms with van der Waals surface area (Å²) < 4.78 is 25.9. The van der Waals surface area contributed by atoms with Gasteiger partial charge >= 0.3 is 0 Å². The number of halogens is 2. The zero-order valence-electron chi connectivity index (χ0n) is 19.6. The Kier molecular flexibility index (Phi) is 10.7. The summed E-state index contributed by atoms with van der Waals surface area (Å²) in [6.45, 7) is 4.45. The predicted octanol–water partition coefficient (Wildman–Crippen LogP) is 4.48. The number of nitrogens with one attached hydrogen (secondary N) is 1. The highest BCUT2D eigenvalue weighted by atomic mass is 35.5. The summed E-state index contributed by atoms with van der Waals surface area (Å²) in [5, 5.41) is 3.59. The van der Waals surface area contributed by atoms with Crippen molar-refractivity contribution in [3.63, 3.8) is 0 Å². The van der Waals surface area contributed by atoms with Gasteiger partial charge in [0.05, 0.1) is 22.0 Å². The van der Waals surface area contributed by atoms with E-state index in [1.54, 1.807) is 55.5 Å². The Balaban J connectivity index is 2.16. The standard InChI is InChI=1S/C24H31Cl2N3O4S/c1-4-14-27-24(31)18(2)28(17-19-12-13-21(25)22(26)16-19)23(30)11-8-15-29(34(3,32)33)20-9-6-5-7-10-20/h5-7,9-10,12-13,16,18H,4,8,11,14-15,17H2,1-3H3,(H,27,31)/t18-/m1/s1. The van der Waals surface area contributed by atoms with Crippen LogP contribution in [0.1, 0.15) is 38.7 Å². The number of anilines is 1. The second kappa shape index (κ2) is 13.0. The van der Waals surface area contributed by atoms with Gasteiger partial charge in [-0.1, -0.05) is 54.4 Å². The molecule has 0 saturated heterocycles. The average molecular weight is 529 g/mol. The maximum Gasteiger partial charge on any atom is 0.242 e. The SMILES string of the molecule is CCCNC(=O)[C@@H](C)N(Cc1ccc(Cl)c(Cl)c1)C(=O)CCCN(c1ccccc1)S(C)(=O)=O. The third-order valence-corrected chi connectivity index (χ3v) is 7.18. The normalized spacial score (nSPS) is 12.1. The molecule has 1 N–H and O–H groups in total. The number of rotatable bonds is 12. The van der Waals surface area contributed by atoms with Crippen LogP contribution in [0.5, 0.6) is 0 Å². The molecule has 0 fully saturated rings. The van der Waals surface area contributed by atoms with E-state index in [-0.39, 0.29) is 31.3 Å². The first-order valence-electron chi connectivity index (χ1n) is 11.1. The van der Waals surface area contributed by atoms with E-state index in [9.17, 15) is 18.0 Å². The Morgan fingerprint density at radius 1 is 1.06 bits per heavy atom. The molecular weight excluding hydrogens is 497 g/mol. The van der Waals surface area contributed by atoms with Crippen LogP contribution in [0, 0.1) is 0 Å². The zero-order chi connectivity index (χ0) is 25.3. The number of benzene rings is 2. The van der Waals surface area contributed by atoms with Crippen LogP contribution in [-0.4, -0.2) is 50.5 Å². The van der Waals surface area contributed by atoms with Gasteiger partial charge < -0.3 is 10.2 Å². The maximum absolute atomic E-state index is 13.2. The number of carbonyl (C=O) groups is 2. The van der Waals surface area contributed by atoms with Crippen LogP contribution in [-0.2, 0) is 26.2 Å². The van der Waals surface area contributed by atoms with Gasteiger partial charge in [0.2, 0.25) is 21.8 Å². The minimum atomic E-state index is -3.52. The van der Waals surface area contributed by atoms with Crippen molar-refractivity contribution in [1.82, 2.24) is 10.2 Å². The Morgan fingerprint density at radius 3 is 2.32 bits per heavy atom. The molecule has 34 heavy (non-hydrogen) atoms. The number of nitrogens with zero attached hydrogens (tertiary/aromatic N) is 2. The van der Waals surface area contributed by atoms with Gasteiger partial charge in [-0.15, -0.1) is 0 Å². The molecule has 7 nitrogen and oxygen atoms in total. The molecule has 0 aliphatic carbocycles. The molecule has 2 amide bonds. The zero-order valence-corrected chi connectivity index (χ0v) is 22.0. The highest BCUT2D eigenvalue weighted by molar-refractivity contribution is 7.92. The summed E-state index contributed by atoms with van der Waals surface area (Å²) in [5.74, 6) is -0.510. The number of carbonyl (C=O) groups excluding carboxylic acids is 2. The van der Waals surface area contributed by atoms with Crippen LogP contribution in [0.15, 0.2) is 48.5 Å². The molecule has 0 spiro atoms. The van der Waals surface area contributed by atoms with E-state index in [2.05, 4.69) is 5.32 Å². The molecule has 2 aromatic rings. The van der Waals surface area contributed by atoms with E-state index in [1.807, 2.05) is 6.92 Å². The van der Waals surface area contributed by atoms with Crippen molar-refractivity contribution in [1.29, 1.82) is 0 Å². The van der Waals surface area contributed by atoms with Crippen molar-refractivity contribution < 1.29 is 18.0 Å². The minimum absolute atomic E-state index is 0.0750. The van der Waals surface area contributed by atoms with Gasteiger partial charge in [-0.05, 0) is 49.6 Å². The molecule has 0 heterocycles. The number of para-hydroxylation sites is 1. The number of amides is 2. The van der Waals surface area contributed by atoms with Gasteiger partial charge in [-0.3, -0.25) is 13.9 Å². The van der Waals surface area contributed by atoms with Gasteiger partial charge in [0.25, 0.3) is 0 Å². The van der Waals surface area contributed by atoms with Crippen molar-refractivity contribution >= 4 is 50.7 Å². The first kappa shape index (κ1) is 28.0. The molecule has 0 aliphatic rings. The van der Waals surface area contributed by atoms with Gasteiger partial charge in [-0.2, -0.15) is 0 Å². The van der Waals surface area contributed by atoms with E-state index >= 15 is 0 Å². The molecule has 2 rings (SSSR count). The first-order valence-corrected chi connectivity index (χ1v) is 13.7. The lowest BCUT2D eigenvalue weighted by atomic mass is 10.1.